The van der Waals surface area contributed by atoms with E-state index >= 15 is 0 Å². The Morgan fingerprint density at radius 3 is 2.54 bits per heavy atom. The van der Waals surface area contributed by atoms with Crippen LogP contribution in [0.25, 0.3) is 0 Å². The zero-order chi connectivity index (χ0) is 16.7. The third-order valence-electron chi connectivity index (χ3n) is 3.45. The highest BCUT2D eigenvalue weighted by Gasteiger charge is 2.12. The zero-order valence-electron chi connectivity index (χ0n) is 13.5. The van der Waals surface area contributed by atoms with Crippen LogP contribution >= 0.6 is 12.4 Å². The predicted octanol–water partition coefficient (Wildman–Crippen LogP) is 3.15. The Hall–Kier alpha value is -2.11. The molecule has 0 aromatic heterocycles. The van der Waals surface area contributed by atoms with Gasteiger partial charge in [0.05, 0.1) is 5.56 Å². The number of benzene rings is 2. The molecule has 0 radical (unpaired) electrons. The molecule has 0 heterocycles. The van der Waals surface area contributed by atoms with Crippen LogP contribution in [-0.4, -0.2) is 19.0 Å². The highest BCUT2D eigenvalue weighted by molar-refractivity contribution is 5.96. The highest BCUT2D eigenvalue weighted by Crippen LogP contribution is 2.19. The van der Waals surface area contributed by atoms with Crippen molar-refractivity contribution in [1.29, 1.82) is 0 Å². The molecule has 0 fully saturated rings. The van der Waals surface area contributed by atoms with Gasteiger partial charge in [0, 0.05) is 6.54 Å². The van der Waals surface area contributed by atoms with E-state index in [1.165, 1.54) is 12.1 Å². The molecule has 1 atom stereocenters. The van der Waals surface area contributed by atoms with Crippen LogP contribution < -0.4 is 15.8 Å². The standard InChI is InChI=1S/C18H21FN2O2.ClH/c1-13(10-20)11-21-18(22)16-4-2-3-5-17(16)23-12-14-6-8-15(19)9-7-14;/h2-9,13H,10-12,20H2,1H3,(H,21,22);1H. The first-order chi connectivity index (χ1) is 11.1. The van der Waals surface area contributed by atoms with Crippen LogP contribution in [0, 0.1) is 11.7 Å². The molecule has 0 aliphatic heterocycles. The highest BCUT2D eigenvalue weighted by atomic mass is 35.5. The monoisotopic (exact) mass is 352 g/mol. The fourth-order valence-electron chi connectivity index (χ4n) is 1.97. The van der Waals surface area contributed by atoms with E-state index in [1.807, 2.05) is 6.92 Å². The third kappa shape index (κ3) is 5.83. The minimum atomic E-state index is -0.289. The molecule has 2 rings (SSSR count). The molecule has 4 nitrogen and oxygen atoms in total. The van der Waals surface area contributed by atoms with Gasteiger partial charge in [-0.15, -0.1) is 12.4 Å². The van der Waals surface area contributed by atoms with E-state index in [-0.39, 0.29) is 36.7 Å². The number of nitrogens with two attached hydrogens (primary N) is 1. The number of hydrogen-bond acceptors (Lipinski definition) is 3. The smallest absolute Gasteiger partial charge is 0.255 e. The van der Waals surface area contributed by atoms with E-state index in [2.05, 4.69) is 5.32 Å². The van der Waals surface area contributed by atoms with Crippen molar-refractivity contribution in [3.8, 4) is 5.75 Å². The van der Waals surface area contributed by atoms with Crippen LogP contribution in [0.3, 0.4) is 0 Å². The minimum absolute atomic E-state index is 0. The fourth-order valence-corrected chi connectivity index (χ4v) is 1.97. The number of carbonyl (C=O) groups excluding carboxylic acids is 1. The van der Waals surface area contributed by atoms with Crippen LogP contribution in [0.1, 0.15) is 22.8 Å². The lowest BCUT2D eigenvalue weighted by Crippen LogP contribution is -2.31. The van der Waals surface area contributed by atoms with Crippen molar-refractivity contribution in [2.24, 2.45) is 11.7 Å². The van der Waals surface area contributed by atoms with Gasteiger partial charge >= 0.3 is 0 Å². The van der Waals surface area contributed by atoms with E-state index < -0.39 is 0 Å². The van der Waals surface area contributed by atoms with Crippen molar-refractivity contribution < 1.29 is 13.9 Å². The van der Waals surface area contributed by atoms with Gasteiger partial charge in [0.2, 0.25) is 0 Å². The van der Waals surface area contributed by atoms with Gasteiger partial charge in [0.15, 0.2) is 0 Å². The molecule has 24 heavy (non-hydrogen) atoms. The van der Waals surface area contributed by atoms with Gasteiger partial charge in [-0.3, -0.25) is 4.79 Å². The number of carbonyl (C=O) groups is 1. The number of ether oxygens (including phenoxy) is 1. The normalized spacial score (nSPS) is 11.3. The second-order valence-corrected chi connectivity index (χ2v) is 5.46. The van der Waals surface area contributed by atoms with E-state index in [0.29, 0.717) is 24.4 Å². The van der Waals surface area contributed by atoms with Gasteiger partial charge in [-0.2, -0.15) is 0 Å². The van der Waals surface area contributed by atoms with E-state index in [9.17, 15) is 9.18 Å². The number of amides is 1. The van der Waals surface area contributed by atoms with Crippen molar-refractivity contribution in [3.63, 3.8) is 0 Å². The van der Waals surface area contributed by atoms with Gasteiger partial charge in [-0.25, -0.2) is 4.39 Å². The molecule has 0 bridgehead atoms. The van der Waals surface area contributed by atoms with E-state index in [1.54, 1.807) is 36.4 Å². The first-order valence-corrected chi connectivity index (χ1v) is 7.54. The first kappa shape index (κ1) is 19.9. The Morgan fingerprint density at radius 1 is 1.21 bits per heavy atom. The summed E-state index contributed by atoms with van der Waals surface area (Å²) in [4.78, 5) is 12.3. The summed E-state index contributed by atoms with van der Waals surface area (Å²) < 4.78 is 18.6. The molecule has 0 saturated heterocycles. The molecule has 0 saturated carbocycles. The lowest BCUT2D eigenvalue weighted by molar-refractivity contribution is 0.0944. The molecule has 0 aliphatic rings. The quantitative estimate of drug-likeness (QED) is 0.804. The minimum Gasteiger partial charge on any atom is -0.488 e. The molecule has 2 aromatic rings. The molecular formula is C18H22ClFN2O2. The number of hydrogen-bond donors (Lipinski definition) is 2. The number of nitrogens with one attached hydrogen (secondary N) is 1. The first-order valence-electron chi connectivity index (χ1n) is 7.54. The molecular weight excluding hydrogens is 331 g/mol. The summed E-state index contributed by atoms with van der Waals surface area (Å²) in [6, 6.07) is 13.1. The van der Waals surface area contributed by atoms with Crippen molar-refractivity contribution in [2.75, 3.05) is 13.1 Å². The Balaban J connectivity index is 0.00000288. The number of rotatable bonds is 7. The summed E-state index contributed by atoms with van der Waals surface area (Å²) in [5, 5.41) is 2.85. The Morgan fingerprint density at radius 2 is 1.88 bits per heavy atom. The molecule has 130 valence electrons. The van der Waals surface area contributed by atoms with Gasteiger partial charge in [-0.05, 0) is 42.3 Å². The largest absolute Gasteiger partial charge is 0.488 e. The SMILES string of the molecule is CC(CN)CNC(=O)c1ccccc1OCc1ccc(F)cc1.Cl. The van der Waals surface area contributed by atoms with Gasteiger partial charge < -0.3 is 15.8 Å². The summed E-state index contributed by atoms with van der Waals surface area (Å²) in [6.45, 7) is 3.27. The van der Waals surface area contributed by atoms with Crippen molar-refractivity contribution in [1.82, 2.24) is 5.32 Å². The van der Waals surface area contributed by atoms with Crippen LogP contribution in [0.15, 0.2) is 48.5 Å². The Kier molecular flexibility index (Phi) is 8.22. The van der Waals surface area contributed by atoms with Crippen LogP contribution in [0.4, 0.5) is 4.39 Å². The molecule has 6 heteroatoms. The summed E-state index contributed by atoms with van der Waals surface area (Å²) in [5.41, 5.74) is 6.85. The maximum absolute atomic E-state index is 12.9. The summed E-state index contributed by atoms with van der Waals surface area (Å²) in [6.07, 6.45) is 0. The Bertz CT molecular complexity index is 650. The van der Waals surface area contributed by atoms with Crippen molar-refractivity contribution in [3.05, 3.63) is 65.5 Å². The molecule has 2 aromatic carbocycles. The summed E-state index contributed by atoms with van der Waals surface area (Å²) in [5.74, 6) is 0.225. The van der Waals surface area contributed by atoms with Gasteiger partial charge in [0.25, 0.3) is 5.91 Å². The van der Waals surface area contributed by atoms with E-state index in [0.717, 1.165) is 5.56 Å². The van der Waals surface area contributed by atoms with Crippen LogP contribution in [0.2, 0.25) is 0 Å². The molecule has 1 amide bonds. The molecule has 0 spiro atoms. The number of halogens is 2. The fraction of sp³-hybridized carbons (Fsp3) is 0.278. The van der Waals surface area contributed by atoms with Crippen molar-refractivity contribution >= 4 is 18.3 Å². The summed E-state index contributed by atoms with van der Waals surface area (Å²) in [7, 11) is 0. The average Bonchev–Trinajstić information content (AvgIpc) is 2.59. The molecule has 1 unspecified atom stereocenters. The lowest BCUT2D eigenvalue weighted by atomic mass is 10.1. The third-order valence-corrected chi connectivity index (χ3v) is 3.45. The van der Waals surface area contributed by atoms with Crippen molar-refractivity contribution in [2.45, 2.75) is 13.5 Å². The average molecular weight is 353 g/mol. The topological polar surface area (TPSA) is 64.3 Å². The molecule has 0 aliphatic carbocycles. The van der Waals surface area contributed by atoms with Gasteiger partial charge in [-0.1, -0.05) is 31.2 Å². The van der Waals surface area contributed by atoms with Gasteiger partial charge in [0.1, 0.15) is 18.2 Å². The zero-order valence-corrected chi connectivity index (χ0v) is 14.3. The molecule has 3 N–H and O–H groups in total. The second kappa shape index (κ2) is 9.90. The Labute approximate surface area is 147 Å². The maximum Gasteiger partial charge on any atom is 0.255 e. The lowest BCUT2D eigenvalue weighted by Gasteiger charge is -2.13. The predicted molar refractivity (Wildman–Crippen MR) is 95.0 cm³/mol. The summed E-state index contributed by atoms with van der Waals surface area (Å²) >= 11 is 0. The van der Waals surface area contributed by atoms with E-state index in [4.69, 9.17) is 10.5 Å². The number of para-hydroxylation sites is 1. The van der Waals surface area contributed by atoms with Crippen LogP contribution in [0.5, 0.6) is 5.75 Å². The van der Waals surface area contributed by atoms with Crippen LogP contribution in [-0.2, 0) is 6.61 Å². The maximum atomic E-state index is 12.9. The second-order valence-electron chi connectivity index (χ2n) is 5.46.